The summed E-state index contributed by atoms with van der Waals surface area (Å²) < 4.78 is 64.5. The Labute approximate surface area is 132 Å². The molecule has 0 bridgehead atoms. The average molecular weight is 347 g/mol. The van der Waals surface area contributed by atoms with E-state index in [1.165, 1.54) is 12.1 Å². The normalized spacial score (nSPS) is 11.3. The van der Waals surface area contributed by atoms with Crippen molar-refractivity contribution in [2.24, 2.45) is 0 Å². The molecule has 2 nitrogen and oxygen atoms in total. The van der Waals surface area contributed by atoms with Gasteiger partial charge in [-0.05, 0) is 30.3 Å². The van der Waals surface area contributed by atoms with Gasteiger partial charge in [-0.2, -0.15) is 13.2 Å². The molecule has 2 rings (SSSR count). The van der Waals surface area contributed by atoms with Gasteiger partial charge in [0.2, 0.25) is 5.91 Å². The van der Waals surface area contributed by atoms with E-state index in [0.29, 0.717) is 0 Å². The molecule has 0 saturated carbocycles. The molecule has 0 radical (unpaired) electrons. The van der Waals surface area contributed by atoms with Gasteiger partial charge in [0.25, 0.3) is 0 Å². The van der Waals surface area contributed by atoms with Crippen molar-refractivity contribution in [3.63, 3.8) is 0 Å². The molecule has 8 heteroatoms. The highest BCUT2D eigenvalue weighted by Crippen LogP contribution is 2.32. The molecule has 2 aromatic rings. The summed E-state index contributed by atoms with van der Waals surface area (Å²) in [7, 11) is 0. The molecule has 0 atom stereocenters. The lowest BCUT2D eigenvalue weighted by Crippen LogP contribution is -2.16. The summed E-state index contributed by atoms with van der Waals surface area (Å²) in [5.41, 5.74) is -1.41. The van der Waals surface area contributed by atoms with E-state index in [0.717, 1.165) is 42.1 Å². The Hall–Kier alpha value is -2.09. The third-order valence-electron chi connectivity index (χ3n) is 2.76. The van der Waals surface area contributed by atoms with Gasteiger partial charge in [-0.3, -0.25) is 4.79 Å². The summed E-state index contributed by atoms with van der Waals surface area (Å²) >= 11 is 0.833. The van der Waals surface area contributed by atoms with Crippen LogP contribution in [0.1, 0.15) is 5.56 Å². The third kappa shape index (κ3) is 4.69. The number of halogens is 5. The van der Waals surface area contributed by atoms with E-state index >= 15 is 0 Å². The molecule has 0 unspecified atom stereocenters. The predicted octanol–water partition coefficient (Wildman–Crippen LogP) is 4.71. The molecular formula is C15H10F5NOS. The predicted molar refractivity (Wildman–Crippen MR) is 77.2 cm³/mol. The van der Waals surface area contributed by atoms with E-state index in [2.05, 4.69) is 5.32 Å². The summed E-state index contributed by atoms with van der Waals surface area (Å²) in [6.07, 6.45) is -4.48. The Kier molecular flexibility index (Phi) is 5.25. The molecule has 122 valence electrons. The van der Waals surface area contributed by atoms with Gasteiger partial charge in [-0.15, -0.1) is 11.8 Å². The molecule has 1 N–H and O–H groups in total. The largest absolute Gasteiger partial charge is 0.416 e. The molecule has 0 aliphatic carbocycles. The number of alkyl halides is 3. The van der Waals surface area contributed by atoms with Crippen molar-refractivity contribution >= 4 is 23.4 Å². The van der Waals surface area contributed by atoms with Crippen LogP contribution in [0.3, 0.4) is 0 Å². The quantitative estimate of drug-likeness (QED) is 0.641. The second-order valence-corrected chi connectivity index (χ2v) is 5.51. The minimum Gasteiger partial charge on any atom is -0.320 e. The smallest absolute Gasteiger partial charge is 0.320 e. The van der Waals surface area contributed by atoms with Gasteiger partial charge in [0.05, 0.1) is 11.3 Å². The molecule has 0 fully saturated rings. The molecular weight excluding hydrogens is 337 g/mol. The van der Waals surface area contributed by atoms with Crippen LogP contribution < -0.4 is 5.32 Å². The van der Waals surface area contributed by atoms with Gasteiger partial charge in [0.1, 0.15) is 17.3 Å². The Morgan fingerprint density at radius 3 is 2.26 bits per heavy atom. The van der Waals surface area contributed by atoms with Crippen LogP contribution in [0.4, 0.5) is 27.6 Å². The third-order valence-corrected chi connectivity index (χ3v) is 3.75. The first-order chi connectivity index (χ1) is 10.8. The second-order valence-electron chi connectivity index (χ2n) is 4.46. The first-order valence-electron chi connectivity index (χ1n) is 6.31. The highest BCUT2D eigenvalue weighted by Gasteiger charge is 2.30. The summed E-state index contributed by atoms with van der Waals surface area (Å²) in [5.74, 6) is -2.86. The lowest BCUT2D eigenvalue weighted by molar-refractivity contribution is -0.137. The van der Waals surface area contributed by atoms with Crippen LogP contribution in [0, 0.1) is 11.6 Å². The number of para-hydroxylation sites is 1. The SMILES string of the molecule is O=C(CSc1cccc(C(F)(F)F)c1)Nc1c(F)cccc1F. The minimum absolute atomic E-state index is 0.226. The summed E-state index contributed by atoms with van der Waals surface area (Å²) in [4.78, 5) is 11.9. The number of nitrogens with one attached hydrogen (secondary N) is 1. The molecule has 23 heavy (non-hydrogen) atoms. The van der Waals surface area contributed by atoms with E-state index in [4.69, 9.17) is 0 Å². The van der Waals surface area contributed by atoms with Gasteiger partial charge in [-0.25, -0.2) is 8.78 Å². The Morgan fingerprint density at radius 1 is 1.04 bits per heavy atom. The molecule has 0 aromatic heterocycles. The van der Waals surface area contributed by atoms with Gasteiger partial charge in [0, 0.05) is 4.90 Å². The minimum atomic E-state index is -4.48. The van der Waals surface area contributed by atoms with E-state index in [1.54, 1.807) is 0 Å². The Bertz CT molecular complexity index is 697. The maximum Gasteiger partial charge on any atom is 0.416 e. The highest BCUT2D eigenvalue weighted by atomic mass is 32.2. The molecule has 0 aliphatic rings. The van der Waals surface area contributed by atoms with Crippen molar-refractivity contribution in [1.82, 2.24) is 0 Å². The summed E-state index contributed by atoms with van der Waals surface area (Å²) in [5, 5.41) is 2.06. The molecule has 0 aliphatic heterocycles. The number of carbonyl (C=O) groups excluding carboxylic acids is 1. The first kappa shape index (κ1) is 17.3. The monoisotopic (exact) mass is 347 g/mol. The number of rotatable bonds is 4. The van der Waals surface area contributed by atoms with Crippen LogP contribution in [0.25, 0.3) is 0 Å². The fraction of sp³-hybridized carbons (Fsp3) is 0.133. The zero-order valence-electron chi connectivity index (χ0n) is 11.5. The zero-order chi connectivity index (χ0) is 17.0. The zero-order valence-corrected chi connectivity index (χ0v) is 12.3. The van der Waals surface area contributed by atoms with Crippen LogP contribution in [-0.2, 0) is 11.0 Å². The van der Waals surface area contributed by atoms with Crippen LogP contribution in [0.2, 0.25) is 0 Å². The first-order valence-corrected chi connectivity index (χ1v) is 7.30. The summed E-state index contributed by atoms with van der Waals surface area (Å²) in [6.45, 7) is 0. The van der Waals surface area contributed by atoms with Crippen molar-refractivity contribution in [1.29, 1.82) is 0 Å². The van der Waals surface area contributed by atoms with E-state index < -0.39 is 35.0 Å². The fourth-order valence-electron chi connectivity index (χ4n) is 1.70. The number of benzene rings is 2. The standard InChI is InChI=1S/C15H10F5NOS/c16-11-5-2-6-12(17)14(11)21-13(22)8-23-10-4-1-3-9(7-10)15(18,19)20/h1-7H,8H2,(H,21,22). The van der Waals surface area contributed by atoms with E-state index in [1.807, 2.05) is 0 Å². The van der Waals surface area contributed by atoms with Crippen LogP contribution in [0.15, 0.2) is 47.4 Å². The molecule has 0 saturated heterocycles. The fourth-order valence-corrected chi connectivity index (χ4v) is 2.46. The van der Waals surface area contributed by atoms with Crippen molar-refractivity contribution in [2.75, 3.05) is 11.1 Å². The topological polar surface area (TPSA) is 29.1 Å². The van der Waals surface area contributed by atoms with Crippen molar-refractivity contribution in [3.05, 3.63) is 59.7 Å². The molecule has 2 aromatic carbocycles. The van der Waals surface area contributed by atoms with Gasteiger partial charge < -0.3 is 5.32 Å². The highest BCUT2D eigenvalue weighted by molar-refractivity contribution is 8.00. The van der Waals surface area contributed by atoms with E-state index in [9.17, 15) is 26.7 Å². The summed E-state index contributed by atoms with van der Waals surface area (Å²) in [6, 6.07) is 7.58. The molecule has 0 heterocycles. The number of carbonyl (C=O) groups is 1. The van der Waals surface area contributed by atoms with Crippen molar-refractivity contribution in [3.8, 4) is 0 Å². The van der Waals surface area contributed by atoms with Crippen LogP contribution in [-0.4, -0.2) is 11.7 Å². The Balaban J connectivity index is 2.00. The maximum atomic E-state index is 13.4. The lowest BCUT2D eigenvalue weighted by atomic mass is 10.2. The Morgan fingerprint density at radius 2 is 1.65 bits per heavy atom. The van der Waals surface area contributed by atoms with Gasteiger partial charge in [-0.1, -0.05) is 12.1 Å². The number of anilines is 1. The number of hydrogen-bond acceptors (Lipinski definition) is 2. The molecule has 1 amide bonds. The van der Waals surface area contributed by atoms with Crippen molar-refractivity contribution < 1.29 is 26.7 Å². The number of thioether (sulfide) groups is 1. The average Bonchev–Trinajstić information content (AvgIpc) is 2.48. The van der Waals surface area contributed by atoms with Crippen molar-refractivity contribution in [2.45, 2.75) is 11.1 Å². The van der Waals surface area contributed by atoms with Gasteiger partial charge >= 0.3 is 6.18 Å². The van der Waals surface area contributed by atoms with Gasteiger partial charge in [0.15, 0.2) is 0 Å². The van der Waals surface area contributed by atoms with E-state index in [-0.39, 0.29) is 10.6 Å². The maximum absolute atomic E-state index is 13.4. The van der Waals surface area contributed by atoms with Crippen LogP contribution in [0.5, 0.6) is 0 Å². The van der Waals surface area contributed by atoms with Crippen LogP contribution >= 0.6 is 11.8 Å². The number of amides is 1. The second kappa shape index (κ2) is 6.99. The number of hydrogen-bond donors (Lipinski definition) is 1. The lowest BCUT2D eigenvalue weighted by Gasteiger charge is -2.09. The molecule has 0 spiro atoms.